The fourth-order valence-corrected chi connectivity index (χ4v) is 4.47. The highest BCUT2D eigenvalue weighted by atomic mass is 15.2. The van der Waals surface area contributed by atoms with Gasteiger partial charge < -0.3 is 10.2 Å². The molecule has 0 aromatic rings. The Labute approximate surface area is 133 Å². The first-order chi connectivity index (χ1) is 9.98. The van der Waals surface area contributed by atoms with Crippen molar-refractivity contribution < 1.29 is 0 Å². The Hall–Kier alpha value is -0.0800. The van der Waals surface area contributed by atoms with E-state index in [9.17, 15) is 0 Å². The first-order valence-corrected chi connectivity index (χ1v) is 9.46. The van der Waals surface area contributed by atoms with Gasteiger partial charge in [-0.05, 0) is 70.0 Å². The maximum Gasteiger partial charge on any atom is 0.0100 e. The molecule has 0 aromatic heterocycles. The molecule has 1 saturated carbocycles. The second kappa shape index (κ2) is 7.97. The van der Waals surface area contributed by atoms with Gasteiger partial charge in [0, 0.05) is 12.1 Å². The van der Waals surface area contributed by atoms with Crippen molar-refractivity contribution in [2.75, 3.05) is 19.6 Å². The van der Waals surface area contributed by atoms with E-state index >= 15 is 0 Å². The Morgan fingerprint density at radius 3 is 2.43 bits per heavy atom. The van der Waals surface area contributed by atoms with Gasteiger partial charge in [-0.3, -0.25) is 0 Å². The number of nitrogens with zero attached hydrogens (tertiary/aromatic N) is 1. The Morgan fingerprint density at radius 2 is 1.71 bits per heavy atom. The van der Waals surface area contributed by atoms with Crippen molar-refractivity contribution in [1.29, 1.82) is 0 Å². The average Bonchev–Trinajstić information content (AvgIpc) is 2.45. The van der Waals surface area contributed by atoms with E-state index in [0.717, 1.165) is 18.0 Å². The van der Waals surface area contributed by atoms with Crippen LogP contribution in [0.3, 0.4) is 0 Å². The molecule has 0 aromatic carbocycles. The van der Waals surface area contributed by atoms with Crippen molar-refractivity contribution in [1.82, 2.24) is 10.2 Å². The van der Waals surface area contributed by atoms with Gasteiger partial charge in [0.15, 0.2) is 0 Å². The summed E-state index contributed by atoms with van der Waals surface area (Å²) in [4.78, 5) is 2.70. The molecule has 1 heterocycles. The zero-order valence-corrected chi connectivity index (χ0v) is 15.0. The molecule has 21 heavy (non-hydrogen) atoms. The summed E-state index contributed by atoms with van der Waals surface area (Å²) in [6.45, 7) is 13.5. The van der Waals surface area contributed by atoms with Crippen LogP contribution in [0.25, 0.3) is 0 Å². The normalized spacial score (nSPS) is 32.3. The van der Waals surface area contributed by atoms with Crippen LogP contribution in [0.4, 0.5) is 0 Å². The summed E-state index contributed by atoms with van der Waals surface area (Å²) in [7, 11) is 0. The van der Waals surface area contributed by atoms with E-state index in [1.165, 1.54) is 71.0 Å². The number of piperidine rings is 1. The summed E-state index contributed by atoms with van der Waals surface area (Å²) < 4.78 is 0. The molecule has 0 amide bonds. The van der Waals surface area contributed by atoms with E-state index in [0.29, 0.717) is 5.41 Å². The van der Waals surface area contributed by atoms with Gasteiger partial charge >= 0.3 is 0 Å². The molecular weight excluding hydrogens is 256 g/mol. The maximum atomic E-state index is 3.91. The summed E-state index contributed by atoms with van der Waals surface area (Å²) in [5.74, 6) is 0.861. The smallest absolute Gasteiger partial charge is 0.0100 e. The van der Waals surface area contributed by atoms with E-state index in [1.807, 2.05) is 0 Å². The molecule has 3 unspecified atom stereocenters. The van der Waals surface area contributed by atoms with Crippen molar-refractivity contribution in [3.8, 4) is 0 Å². The first kappa shape index (κ1) is 17.3. The van der Waals surface area contributed by atoms with Crippen LogP contribution in [0.2, 0.25) is 0 Å². The highest BCUT2D eigenvalue weighted by Crippen LogP contribution is 2.37. The molecule has 1 aliphatic heterocycles. The van der Waals surface area contributed by atoms with Gasteiger partial charge in [0.25, 0.3) is 0 Å². The zero-order valence-electron chi connectivity index (χ0n) is 15.0. The molecule has 2 fully saturated rings. The van der Waals surface area contributed by atoms with E-state index in [2.05, 4.69) is 37.9 Å². The van der Waals surface area contributed by atoms with E-state index in [-0.39, 0.29) is 0 Å². The zero-order chi connectivity index (χ0) is 15.3. The molecule has 2 aliphatic rings. The second-order valence-corrected chi connectivity index (χ2v) is 8.55. The lowest BCUT2D eigenvalue weighted by Gasteiger charge is -2.41. The van der Waals surface area contributed by atoms with E-state index in [4.69, 9.17) is 0 Å². The van der Waals surface area contributed by atoms with Crippen molar-refractivity contribution in [2.24, 2.45) is 11.3 Å². The number of likely N-dealkylation sites (tertiary alicyclic amines) is 1. The minimum absolute atomic E-state index is 0.458. The lowest BCUT2D eigenvalue weighted by Crippen LogP contribution is -2.45. The molecule has 2 nitrogen and oxygen atoms in total. The number of nitrogens with one attached hydrogen (secondary N) is 1. The molecule has 0 radical (unpaired) electrons. The van der Waals surface area contributed by atoms with Gasteiger partial charge in [-0.1, -0.05) is 40.0 Å². The lowest BCUT2D eigenvalue weighted by molar-refractivity contribution is 0.126. The largest absolute Gasteiger partial charge is 0.314 e. The highest BCUT2D eigenvalue weighted by Gasteiger charge is 2.33. The standard InChI is InChI=1S/C19H38N2/c1-16-10-7-8-14-21(16)15-9-13-20-18-12-6-5-11-17(18)19(2,3)4/h16-18,20H,5-15H2,1-4H3. The SMILES string of the molecule is CC1CCCCN1CCCNC1CCCCC1C(C)(C)C. The van der Waals surface area contributed by atoms with Crippen molar-refractivity contribution in [2.45, 2.75) is 91.1 Å². The quantitative estimate of drug-likeness (QED) is 0.754. The van der Waals surface area contributed by atoms with Crippen LogP contribution >= 0.6 is 0 Å². The molecule has 1 N–H and O–H groups in total. The minimum atomic E-state index is 0.458. The fraction of sp³-hybridized carbons (Fsp3) is 1.00. The molecule has 0 spiro atoms. The Balaban J connectivity index is 1.69. The summed E-state index contributed by atoms with van der Waals surface area (Å²) in [6.07, 6.45) is 11.2. The van der Waals surface area contributed by atoms with Gasteiger partial charge in [-0.15, -0.1) is 0 Å². The van der Waals surface area contributed by atoms with Crippen LogP contribution in [0.1, 0.15) is 79.1 Å². The van der Waals surface area contributed by atoms with Gasteiger partial charge in [0.05, 0.1) is 0 Å². The van der Waals surface area contributed by atoms with E-state index < -0.39 is 0 Å². The Kier molecular flexibility index (Phi) is 6.55. The molecule has 124 valence electrons. The summed E-state index contributed by atoms with van der Waals surface area (Å²) in [5, 5.41) is 3.91. The molecule has 0 bridgehead atoms. The highest BCUT2D eigenvalue weighted by molar-refractivity contribution is 4.88. The van der Waals surface area contributed by atoms with Crippen LogP contribution in [0.5, 0.6) is 0 Å². The first-order valence-electron chi connectivity index (χ1n) is 9.46. The second-order valence-electron chi connectivity index (χ2n) is 8.55. The number of hydrogen-bond acceptors (Lipinski definition) is 2. The fourth-order valence-electron chi connectivity index (χ4n) is 4.47. The van der Waals surface area contributed by atoms with Crippen molar-refractivity contribution in [3.63, 3.8) is 0 Å². The van der Waals surface area contributed by atoms with Gasteiger partial charge in [0.2, 0.25) is 0 Å². The van der Waals surface area contributed by atoms with Crippen LogP contribution in [0.15, 0.2) is 0 Å². The molecular formula is C19H38N2. The summed E-state index contributed by atoms with van der Waals surface area (Å²) >= 11 is 0. The van der Waals surface area contributed by atoms with Crippen molar-refractivity contribution >= 4 is 0 Å². The molecule has 1 saturated heterocycles. The number of hydrogen-bond donors (Lipinski definition) is 1. The minimum Gasteiger partial charge on any atom is -0.314 e. The summed E-state index contributed by atoms with van der Waals surface area (Å²) in [5.41, 5.74) is 0.458. The third kappa shape index (κ3) is 5.25. The Morgan fingerprint density at radius 1 is 1.00 bits per heavy atom. The van der Waals surface area contributed by atoms with Crippen LogP contribution in [-0.2, 0) is 0 Å². The third-order valence-corrected chi connectivity index (χ3v) is 5.85. The van der Waals surface area contributed by atoms with E-state index in [1.54, 1.807) is 0 Å². The maximum absolute atomic E-state index is 3.91. The van der Waals surface area contributed by atoms with Gasteiger partial charge in [-0.25, -0.2) is 0 Å². The average molecular weight is 295 g/mol. The predicted octanol–water partition coefficient (Wildman–Crippen LogP) is 4.45. The Bertz CT molecular complexity index is 294. The number of rotatable bonds is 5. The van der Waals surface area contributed by atoms with Crippen LogP contribution in [-0.4, -0.2) is 36.6 Å². The van der Waals surface area contributed by atoms with Gasteiger partial charge in [0.1, 0.15) is 0 Å². The summed E-state index contributed by atoms with van der Waals surface area (Å²) in [6, 6.07) is 1.58. The monoisotopic (exact) mass is 294 g/mol. The molecule has 3 atom stereocenters. The topological polar surface area (TPSA) is 15.3 Å². The molecule has 2 rings (SSSR count). The van der Waals surface area contributed by atoms with Crippen LogP contribution < -0.4 is 5.32 Å². The van der Waals surface area contributed by atoms with Crippen LogP contribution in [0, 0.1) is 11.3 Å². The van der Waals surface area contributed by atoms with Crippen molar-refractivity contribution in [3.05, 3.63) is 0 Å². The predicted molar refractivity (Wildman–Crippen MR) is 92.7 cm³/mol. The molecule has 2 heteroatoms. The third-order valence-electron chi connectivity index (χ3n) is 5.85. The van der Waals surface area contributed by atoms with Gasteiger partial charge in [-0.2, -0.15) is 0 Å². The molecule has 1 aliphatic carbocycles. The lowest BCUT2D eigenvalue weighted by atomic mass is 9.69.